The Kier molecular flexibility index (Phi) is 4.56. The summed E-state index contributed by atoms with van der Waals surface area (Å²) in [5, 5.41) is 14.0. The minimum Gasteiger partial charge on any atom is -0.381 e. The molecule has 0 atom stereocenters. The summed E-state index contributed by atoms with van der Waals surface area (Å²) in [7, 11) is 0. The van der Waals surface area contributed by atoms with E-state index in [1.54, 1.807) is 24.3 Å². The van der Waals surface area contributed by atoms with Crippen molar-refractivity contribution in [1.82, 2.24) is 0 Å². The first-order chi connectivity index (χ1) is 10.3. The molecule has 0 aliphatic heterocycles. The number of nitrogens with one attached hydrogen (secondary N) is 1. The summed E-state index contributed by atoms with van der Waals surface area (Å²) in [6.07, 6.45) is -4.79. The van der Waals surface area contributed by atoms with Crippen LogP contribution < -0.4 is 5.32 Å². The van der Waals surface area contributed by atoms with Crippen molar-refractivity contribution in [3.8, 4) is 0 Å². The van der Waals surface area contributed by atoms with E-state index < -0.39 is 22.4 Å². The SMILES string of the molecule is O=[N+]([O-])c1ccc(NCc2ccc(Cl)cc2)cc1C(F)(F)F. The maximum absolute atomic E-state index is 12.8. The van der Waals surface area contributed by atoms with E-state index in [4.69, 9.17) is 11.6 Å². The van der Waals surface area contributed by atoms with E-state index in [0.717, 1.165) is 17.7 Å². The monoisotopic (exact) mass is 330 g/mol. The van der Waals surface area contributed by atoms with Crippen LogP contribution in [0.4, 0.5) is 24.5 Å². The summed E-state index contributed by atoms with van der Waals surface area (Å²) in [4.78, 5) is 9.61. The van der Waals surface area contributed by atoms with Gasteiger partial charge < -0.3 is 5.32 Å². The molecule has 0 unspecified atom stereocenters. The molecule has 0 aromatic heterocycles. The maximum atomic E-state index is 12.8. The number of nitro benzene ring substituents is 1. The second-order valence-corrected chi connectivity index (χ2v) is 4.90. The van der Waals surface area contributed by atoms with Gasteiger partial charge in [-0.2, -0.15) is 13.2 Å². The second kappa shape index (κ2) is 6.23. The summed E-state index contributed by atoms with van der Waals surface area (Å²) < 4.78 is 38.5. The second-order valence-electron chi connectivity index (χ2n) is 4.47. The highest BCUT2D eigenvalue weighted by Gasteiger charge is 2.38. The average molecular weight is 331 g/mol. The molecule has 2 rings (SSSR count). The summed E-state index contributed by atoms with van der Waals surface area (Å²) in [6, 6.07) is 9.59. The van der Waals surface area contributed by atoms with Crippen LogP contribution in [-0.4, -0.2) is 4.92 Å². The number of alkyl halides is 3. The van der Waals surface area contributed by atoms with Gasteiger partial charge in [0.1, 0.15) is 5.56 Å². The van der Waals surface area contributed by atoms with Gasteiger partial charge in [-0.15, -0.1) is 0 Å². The third kappa shape index (κ3) is 3.88. The summed E-state index contributed by atoms with van der Waals surface area (Å²) >= 11 is 5.74. The van der Waals surface area contributed by atoms with E-state index >= 15 is 0 Å². The number of hydrogen-bond donors (Lipinski definition) is 1. The molecule has 0 heterocycles. The molecule has 0 spiro atoms. The first-order valence-electron chi connectivity index (χ1n) is 6.11. The largest absolute Gasteiger partial charge is 0.423 e. The minimum absolute atomic E-state index is 0.146. The first-order valence-corrected chi connectivity index (χ1v) is 6.49. The van der Waals surface area contributed by atoms with E-state index in [9.17, 15) is 23.3 Å². The Labute approximate surface area is 128 Å². The van der Waals surface area contributed by atoms with Crippen LogP contribution in [0, 0.1) is 10.1 Å². The standard InChI is InChI=1S/C14H10ClF3N2O2/c15-10-3-1-9(2-4-10)8-19-11-5-6-13(20(21)22)12(7-11)14(16,17)18/h1-7,19H,8H2. The normalized spacial score (nSPS) is 11.3. The van der Waals surface area contributed by atoms with Gasteiger partial charge in [-0.05, 0) is 29.8 Å². The van der Waals surface area contributed by atoms with Gasteiger partial charge in [-0.3, -0.25) is 10.1 Å². The van der Waals surface area contributed by atoms with Gasteiger partial charge in [0.2, 0.25) is 0 Å². The number of nitro groups is 1. The van der Waals surface area contributed by atoms with Crippen molar-refractivity contribution in [2.24, 2.45) is 0 Å². The number of nitrogens with zero attached hydrogens (tertiary/aromatic N) is 1. The Morgan fingerprint density at radius 2 is 1.77 bits per heavy atom. The summed E-state index contributed by atoms with van der Waals surface area (Å²) in [6.45, 7) is 0.270. The van der Waals surface area contributed by atoms with E-state index in [2.05, 4.69) is 5.32 Å². The molecule has 0 bridgehead atoms. The molecular formula is C14H10ClF3N2O2. The number of benzene rings is 2. The van der Waals surface area contributed by atoms with Crippen molar-refractivity contribution in [3.63, 3.8) is 0 Å². The van der Waals surface area contributed by atoms with Crippen molar-refractivity contribution in [2.45, 2.75) is 12.7 Å². The van der Waals surface area contributed by atoms with Crippen LogP contribution in [-0.2, 0) is 12.7 Å². The highest BCUT2D eigenvalue weighted by atomic mass is 35.5. The Hall–Kier alpha value is -2.28. The number of hydrogen-bond acceptors (Lipinski definition) is 3. The minimum atomic E-state index is -4.79. The molecule has 2 aromatic rings. The van der Waals surface area contributed by atoms with Crippen LogP contribution in [0.2, 0.25) is 5.02 Å². The van der Waals surface area contributed by atoms with Gasteiger partial charge in [0, 0.05) is 23.3 Å². The highest BCUT2D eigenvalue weighted by molar-refractivity contribution is 6.30. The molecule has 0 saturated carbocycles. The average Bonchev–Trinajstić information content (AvgIpc) is 2.45. The Morgan fingerprint density at radius 3 is 2.32 bits per heavy atom. The lowest BCUT2D eigenvalue weighted by Gasteiger charge is -2.11. The molecule has 0 saturated heterocycles. The van der Waals surface area contributed by atoms with Gasteiger partial charge >= 0.3 is 6.18 Å². The first kappa shape index (κ1) is 16.1. The Bertz CT molecular complexity index is 687. The predicted molar refractivity (Wildman–Crippen MR) is 76.9 cm³/mol. The number of anilines is 1. The van der Waals surface area contributed by atoms with Crippen LogP contribution in [0.3, 0.4) is 0 Å². The zero-order valence-corrected chi connectivity index (χ0v) is 11.8. The van der Waals surface area contributed by atoms with E-state index in [1.165, 1.54) is 6.07 Å². The predicted octanol–water partition coefficient (Wildman–Crippen LogP) is 4.88. The van der Waals surface area contributed by atoms with Crippen molar-refractivity contribution in [2.75, 3.05) is 5.32 Å². The van der Waals surface area contributed by atoms with Crippen LogP contribution >= 0.6 is 11.6 Å². The molecule has 1 N–H and O–H groups in total. The fourth-order valence-corrected chi connectivity index (χ4v) is 1.96. The molecular weight excluding hydrogens is 321 g/mol. The van der Waals surface area contributed by atoms with E-state index in [-0.39, 0.29) is 12.2 Å². The Morgan fingerprint density at radius 1 is 1.14 bits per heavy atom. The molecule has 0 fully saturated rings. The van der Waals surface area contributed by atoms with E-state index in [0.29, 0.717) is 5.02 Å². The molecule has 4 nitrogen and oxygen atoms in total. The topological polar surface area (TPSA) is 55.2 Å². The lowest BCUT2D eigenvalue weighted by molar-refractivity contribution is -0.388. The molecule has 116 valence electrons. The Balaban J connectivity index is 2.21. The number of halogens is 4. The lowest BCUT2D eigenvalue weighted by Crippen LogP contribution is -2.10. The zero-order chi connectivity index (χ0) is 16.3. The third-order valence-corrected chi connectivity index (χ3v) is 3.16. The van der Waals surface area contributed by atoms with Crippen LogP contribution in [0.25, 0.3) is 0 Å². The number of rotatable bonds is 4. The maximum Gasteiger partial charge on any atom is 0.423 e. The van der Waals surface area contributed by atoms with Crippen LogP contribution in [0.15, 0.2) is 42.5 Å². The fourth-order valence-electron chi connectivity index (χ4n) is 1.84. The molecule has 8 heteroatoms. The molecule has 0 radical (unpaired) electrons. The molecule has 22 heavy (non-hydrogen) atoms. The highest BCUT2D eigenvalue weighted by Crippen LogP contribution is 2.37. The summed E-state index contributed by atoms with van der Waals surface area (Å²) in [5.74, 6) is 0. The smallest absolute Gasteiger partial charge is 0.381 e. The van der Waals surface area contributed by atoms with Gasteiger partial charge in [-0.1, -0.05) is 23.7 Å². The lowest BCUT2D eigenvalue weighted by atomic mass is 10.1. The zero-order valence-electron chi connectivity index (χ0n) is 11.0. The van der Waals surface area contributed by atoms with Gasteiger partial charge in [0.25, 0.3) is 5.69 Å². The van der Waals surface area contributed by atoms with Crippen molar-refractivity contribution >= 4 is 23.0 Å². The van der Waals surface area contributed by atoms with Crippen molar-refractivity contribution in [1.29, 1.82) is 0 Å². The van der Waals surface area contributed by atoms with Crippen LogP contribution in [0.1, 0.15) is 11.1 Å². The molecule has 0 amide bonds. The quantitative estimate of drug-likeness (QED) is 0.642. The van der Waals surface area contributed by atoms with Gasteiger partial charge in [0.05, 0.1) is 4.92 Å². The molecule has 0 aliphatic carbocycles. The molecule has 0 aliphatic rings. The molecule has 2 aromatic carbocycles. The van der Waals surface area contributed by atoms with Crippen molar-refractivity contribution < 1.29 is 18.1 Å². The fraction of sp³-hybridized carbons (Fsp3) is 0.143. The van der Waals surface area contributed by atoms with Crippen molar-refractivity contribution in [3.05, 3.63) is 68.7 Å². The van der Waals surface area contributed by atoms with Gasteiger partial charge in [0.15, 0.2) is 0 Å². The van der Waals surface area contributed by atoms with Crippen LogP contribution in [0.5, 0.6) is 0 Å². The van der Waals surface area contributed by atoms with E-state index in [1.807, 2.05) is 0 Å². The van der Waals surface area contributed by atoms with Gasteiger partial charge in [-0.25, -0.2) is 0 Å². The third-order valence-electron chi connectivity index (χ3n) is 2.91. The summed E-state index contributed by atoms with van der Waals surface area (Å²) in [5.41, 5.74) is -1.28.